The topological polar surface area (TPSA) is 79.8 Å². The van der Waals surface area contributed by atoms with Crippen molar-refractivity contribution < 1.29 is 19.4 Å². The smallest absolute Gasteiger partial charge is 0.311 e. The Hall–Kier alpha value is -2.51. The van der Waals surface area contributed by atoms with Gasteiger partial charge in [-0.2, -0.15) is 0 Å². The van der Waals surface area contributed by atoms with E-state index in [1.807, 2.05) is 20.8 Å². The Kier molecular flexibility index (Phi) is 10.0. The Balaban J connectivity index is 2.02. The number of rotatable bonds is 9. The van der Waals surface area contributed by atoms with Crippen LogP contribution in [-0.4, -0.2) is 35.9 Å². The molecule has 0 amide bonds. The summed E-state index contributed by atoms with van der Waals surface area (Å²) in [4.78, 5) is 12.3. The first-order valence-electron chi connectivity index (χ1n) is 11.2. The summed E-state index contributed by atoms with van der Waals surface area (Å²) in [5.74, 6) is -0.0561. The molecule has 0 aromatic heterocycles. The molecule has 1 unspecified atom stereocenters. The number of methoxy groups -OCH3 is 1. The van der Waals surface area contributed by atoms with E-state index in [1.165, 1.54) is 23.8 Å². The zero-order valence-electron chi connectivity index (χ0n) is 20.8. The molecule has 186 valence electrons. The molecule has 2 aromatic carbocycles. The van der Waals surface area contributed by atoms with Crippen LogP contribution < -0.4 is 15.4 Å². The molecule has 6 nitrogen and oxygen atoms in total. The van der Waals surface area contributed by atoms with Crippen molar-refractivity contribution in [2.24, 2.45) is 5.41 Å². The summed E-state index contributed by atoms with van der Waals surface area (Å²) in [6.45, 7) is 10.3. The van der Waals surface area contributed by atoms with E-state index in [9.17, 15) is 9.90 Å². The van der Waals surface area contributed by atoms with Gasteiger partial charge in [0.25, 0.3) is 0 Å². The van der Waals surface area contributed by atoms with E-state index in [0.717, 1.165) is 18.4 Å². The molecule has 0 aliphatic rings. The van der Waals surface area contributed by atoms with Crippen LogP contribution in [0.3, 0.4) is 0 Å². The number of carbonyl (C=O) groups excluding carboxylic acids is 1. The molecule has 0 spiro atoms. The second-order valence-corrected chi connectivity index (χ2v) is 10.3. The number of hydrogen-bond acceptors (Lipinski definition) is 5. The van der Waals surface area contributed by atoms with Crippen LogP contribution in [0, 0.1) is 19.3 Å². The lowest BCUT2D eigenvalue weighted by atomic mass is 9.97. The zero-order valence-corrected chi connectivity index (χ0v) is 22.3. The first kappa shape index (κ1) is 27.7. The van der Waals surface area contributed by atoms with Gasteiger partial charge in [0.15, 0.2) is 16.6 Å². The molecule has 0 bridgehead atoms. The quantitative estimate of drug-likeness (QED) is 0.317. The maximum atomic E-state index is 12.3. The van der Waals surface area contributed by atoms with E-state index < -0.39 is 5.41 Å². The van der Waals surface area contributed by atoms with Gasteiger partial charge < -0.3 is 25.2 Å². The van der Waals surface area contributed by atoms with Crippen molar-refractivity contribution in [1.82, 2.24) is 10.6 Å². The van der Waals surface area contributed by atoms with Crippen LogP contribution in [-0.2, 0) is 22.5 Å². The van der Waals surface area contributed by atoms with Gasteiger partial charge in [-0.1, -0.05) is 29.8 Å². The van der Waals surface area contributed by atoms with Crippen LogP contribution in [0.1, 0.15) is 49.4 Å². The van der Waals surface area contributed by atoms with Crippen molar-refractivity contribution in [3.05, 3.63) is 57.6 Å². The van der Waals surface area contributed by atoms with Crippen molar-refractivity contribution in [2.45, 2.75) is 60.0 Å². The number of carbonyl (C=O) groups is 1. The number of nitrogens with one attached hydrogen (secondary N) is 2. The van der Waals surface area contributed by atoms with Crippen LogP contribution in [0.15, 0.2) is 30.3 Å². The molecule has 3 N–H and O–H groups in total. The van der Waals surface area contributed by atoms with E-state index in [-0.39, 0.29) is 29.4 Å². The molecule has 2 aromatic rings. The molecule has 0 aliphatic heterocycles. The number of hydrogen-bond donors (Lipinski definition) is 3. The molecule has 0 aliphatic carbocycles. The number of ether oxygens (including phenoxy) is 2. The van der Waals surface area contributed by atoms with Crippen LogP contribution in [0.5, 0.6) is 11.5 Å². The molecule has 0 heterocycles. The second-order valence-electron chi connectivity index (χ2n) is 9.46. The number of halogens is 1. The van der Waals surface area contributed by atoms with Crippen molar-refractivity contribution >= 4 is 34.9 Å². The molecule has 34 heavy (non-hydrogen) atoms. The fourth-order valence-electron chi connectivity index (χ4n) is 3.19. The van der Waals surface area contributed by atoms with Gasteiger partial charge in [-0.05, 0) is 94.1 Å². The highest BCUT2D eigenvalue weighted by Crippen LogP contribution is 2.34. The predicted molar refractivity (Wildman–Crippen MR) is 141 cm³/mol. The average Bonchev–Trinajstić information content (AvgIpc) is 2.77. The molecular formula is C26H35ClN2O4S. The Morgan fingerprint density at radius 3 is 2.47 bits per heavy atom. The number of phenols is 1. The Morgan fingerprint density at radius 2 is 1.85 bits per heavy atom. The van der Waals surface area contributed by atoms with Crippen LogP contribution in [0.25, 0.3) is 0 Å². The summed E-state index contributed by atoms with van der Waals surface area (Å²) in [7, 11) is 1.47. The molecule has 1 atom stereocenters. The highest BCUT2D eigenvalue weighted by Gasteiger charge is 2.24. The minimum absolute atomic E-state index is 0.0966. The van der Waals surface area contributed by atoms with E-state index in [0.29, 0.717) is 17.4 Å². The summed E-state index contributed by atoms with van der Waals surface area (Å²) in [5, 5.41) is 17.0. The zero-order chi connectivity index (χ0) is 25.5. The average molecular weight is 507 g/mol. The van der Waals surface area contributed by atoms with E-state index >= 15 is 0 Å². The van der Waals surface area contributed by atoms with Gasteiger partial charge in [-0.15, -0.1) is 0 Å². The summed E-state index contributed by atoms with van der Waals surface area (Å²) in [6.07, 6.45) is 1.56. The van der Waals surface area contributed by atoms with Crippen molar-refractivity contribution in [3.63, 3.8) is 0 Å². The second kappa shape index (κ2) is 12.3. The number of phenolic OH excluding ortho intramolecular Hbond substituents is 1. The third kappa shape index (κ3) is 8.37. The van der Waals surface area contributed by atoms with Gasteiger partial charge in [0.1, 0.15) is 6.61 Å². The molecule has 0 saturated carbocycles. The fourth-order valence-corrected chi connectivity index (χ4v) is 3.67. The molecule has 0 saturated heterocycles. The summed E-state index contributed by atoms with van der Waals surface area (Å²) in [6, 6.07) is 9.61. The van der Waals surface area contributed by atoms with Gasteiger partial charge >= 0.3 is 5.97 Å². The minimum Gasteiger partial charge on any atom is -0.503 e. The summed E-state index contributed by atoms with van der Waals surface area (Å²) < 4.78 is 10.7. The normalized spacial score (nSPS) is 12.1. The lowest BCUT2D eigenvalue weighted by Crippen LogP contribution is -2.45. The molecule has 0 radical (unpaired) electrons. The number of aromatic hydroxyl groups is 1. The predicted octanol–water partition coefficient (Wildman–Crippen LogP) is 5.23. The Bertz CT molecular complexity index is 1020. The van der Waals surface area contributed by atoms with Gasteiger partial charge in [-0.3, -0.25) is 4.79 Å². The molecular weight excluding hydrogens is 472 g/mol. The van der Waals surface area contributed by atoms with Gasteiger partial charge in [0.2, 0.25) is 0 Å². The van der Waals surface area contributed by atoms with Gasteiger partial charge in [0.05, 0.1) is 23.6 Å². The van der Waals surface area contributed by atoms with Crippen LogP contribution in [0.4, 0.5) is 0 Å². The standard InChI is InChI=1S/C26H35ClN2O4S/c1-16-7-8-18(11-17(16)2)9-10-20(15-33-24(31)26(3,4)5)29-25(34)28-14-19-12-21(27)23(30)22(13-19)32-6/h7-8,11-13,20,30H,9-10,14-15H2,1-6H3,(H2,28,29,34). The lowest BCUT2D eigenvalue weighted by Gasteiger charge is -2.23. The highest BCUT2D eigenvalue weighted by atomic mass is 35.5. The number of esters is 1. The first-order valence-corrected chi connectivity index (χ1v) is 12.0. The number of aryl methyl sites for hydroxylation is 3. The number of benzene rings is 2. The largest absolute Gasteiger partial charge is 0.503 e. The van der Waals surface area contributed by atoms with Crippen LogP contribution >= 0.6 is 23.8 Å². The van der Waals surface area contributed by atoms with Gasteiger partial charge in [0, 0.05) is 6.54 Å². The van der Waals surface area contributed by atoms with Crippen molar-refractivity contribution in [3.8, 4) is 11.5 Å². The summed E-state index contributed by atoms with van der Waals surface area (Å²) >= 11 is 11.6. The van der Waals surface area contributed by atoms with E-state index in [4.69, 9.17) is 33.3 Å². The maximum Gasteiger partial charge on any atom is 0.311 e. The highest BCUT2D eigenvalue weighted by molar-refractivity contribution is 7.80. The molecule has 0 fully saturated rings. The molecule has 2 rings (SSSR count). The SMILES string of the molecule is COc1cc(CNC(=S)NC(CCc2ccc(C)c(C)c2)COC(=O)C(C)(C)C)cc(Cl)c1O. The lowest BCUT2D eigenvalue weighted by molar-refractivity contribution is -0.153. The third-order valence-electron chi connectivity index (χ3n) is 5.48. The fraction of sp³-hybridized carbons (Fsp3) is 0.462. The van der Waals surface area contributed by atoms with Gasteiger partial charge in [-0.25, -0.2) is 0 Å². The Labute approximate surface area is 213 Å². The monoisotopic (exact) mass is 506 g/mol. The Morgan fingerprint density at radius 1 is 1.15 bits per heavy atom. The van der Waals surface area contributed by atoms with E-state index in [2.05, 4.69) is 42.7 Å². The van der Waals surface area contributed by atoms with Crippen molar-refractivity contribution in [2.75, 3.05) is 13.7 Å². The molecule has 8 heteroatoms. The van der Waals surface area contributed by atoms with Crippen molar-refractivity contribution in [1.29, 1.82) is 0 Å². The van der Waals surface area contributed by atoms with Crippen LogP contribution in [0.2, 0.25) is 5.02 Å². The first-order chi connectivity index (χ1) is 15.9. The summed E-state index contributed by atoms with van der Waals surface area (Å²) in [5.41, 5.74) is 3.96. The number of thiocarbonyl (C=S) groups is 1. The van der Waals surface area contributed by atoms with E-state index in [1.54, 1.807) is 12.1 Å². The third-order valence-corrected chi connectivity index (χ3v) is 6.03. The minimum atomic E-state index is -0.575. The maximum absolute atomic E-state index is 12.3.